The second-order valence-electron chi connectivity index (χ2n) is 10.9. The van der Waals surface area contributed by atoms with Crippen LogP contribution in [0.25, 0.3) is 22.0 Å². The number of carbonyl (C=O) groups is 2. The van der Waals surface area contributed by atoms with Crippen LogP contribution in [0.2, 0.25) is 5.02 Å². The minimum atomic E-state index is -3.71. The van der Waals surface area contributed by atoms with Crippen molar-refractivity contribution in [1.82, 2.24) is 15.6 Å². The Morgan fingerprint density at radius 2 is 1.74 bits per heavy atom. The number of aromatic amines is 1. The first-order valence-electron chi connectivity index (χ1n) is 13.3. The molecule has 0 spiro atoms. The molecule has 0 saturated heterocycles. The average molecular weight is 595 g/mol. The van der Waals surface area contributed by atoms with Gasteiger partial charge in [0.05, 0.1) is 16.1 Å². The Kier molecular flexibility index (Phi) is 9.03. The van der Waals surface area contributed by atoms with E-state index in [-0.39, 0.29) is 34.4 Å². The molecule has 2 amide bonds. The molecule has 1 heterocycles. The standard InChI is InChI=1S/C32H33ClF2N4O3/c1-5-32(34,35)42-28-13-11-19(20-10-12-24(26(33)16-20)30(41)39-31(2,3)4)15-25(28)29(40)38-22(17-36)14-21-18-37-27-9-7-6-8-23(21)27/h5-13,15-16,18,22,37H,1,14,17,36H2,2-4H3,(H,38,40)(H,39,41). The topological polar surface area (TPSA) is 109 Å². The highest BCUT2D eigenvalue weighted by Crippen LogP contribution is 2.33. The maximum absolute atomic E-state index is 14.2. The van der Waals surface area contributed by atoms with Gasteiger partial charge in [0, 0.05) is 41.3 Å². The predicted molar refractivity (Wildman–Crippen MR) is 162 cm³/mol. The van der Waals surface area contributed by atoms with Crippen LogP contribution in [0.3, 0.4) is 0 Å². The van der Waals surface area contributed by atoms with Gasteiger partial charge in [-0.05, 0) is 74.2 Å². The first-order chi connectivity index (χ1) is 19.8. The molecule has 1 atom stereocenters. The Morgan fingerprint density at radius 1 is 1.05 bits per heavy atom. The molecule has 3 aromatic carbocycles. The van der Waals surface area contributed by atoms with Crippen molar-refractivity contribution >= 4 is 34.3 Å². The SMILES string of the molecule is C=CC(F)(F)Oc1ccc(-c2ccc(C(=O)NC(C)(C)C)c(Cl)c2)cc1C(=O)NC(CN)Cc1c[nH]c2ccccc12. The summed E-state index contributed by atoms with van der Waals surface area (Å²) in [6.45, 7) is 8.79. The Morgan fingerprint density at radius 3 is 2.40 bits per heavy atom. The number of nitrogens with two attached hydrogens (primary N) is 1. The molecule has 0 saturated carbocycles. The van der Waals surface area contributed by atoms with Crippen molar-refractivity contribution in [2.75, 3.05) is 6.54 Å². The Hall–Kier alpha value is -4.21. The van der Waals surface area contributed by atoms with Gasteiger partial charge in [0.1, 0.15) is 5.75 Å². The van der Waals surface area contributed by atoms with Crippen LogP contribution in [-0.2, 0) is 6.42 Å². The van der Waals surface area contributed by atoms with E-state index in [0.29, 0.717) is 23.6 Å². The number of rotatable bonds is 10. The minimum Gasteiger partial charge on any atom is -0.429 e. The number of hydrogen-bond donors (Lipinski definition) is 4. The molecule has 0 aliphatic heterocycles. The van der Waals surface area contributed by atoms with Crippen molar-refractivity contribution in [3.63, 3.8) is 0 Å². The lowest BCUT2D eigenvalue weighted by Crippen LogP contribution is -2.42. The highest BCUT2D eigenvalue weighted by atomic mass is 35.5. The number of carbonyl (C=O) groups excluding carboxylic acids is 2. The van der Waals surface area contributed by atoms with Crippen molar-refractivity contribution in [3.8, 4) is 16.9 Å². The molecule has 4 aromatic rings. The lowest BCUT2D eigenvalue weighted by Gasteiger charge is -2.21. The van der Waals surface area contributed by atoms with E-state index in [1.807, 2.05) is 51.2 Å². The van der Waals surface area contributed by atoms with Gasteiger partial charge in [-0.15, -0.1) is 0 Å². The summed E-state index contributed by atoms with van der Waals surface area (Å²) in [5.41, 5.74) is 8.66. The van der Waals surface area contributed by atoms with E-state index in [1.54, 1.807) is 18.2 Å². The van der Waals surface area contributed by atoms with E-state index >= 15 is 0 Å². The molecule has 4 rings (SSSR count). The molecule has 5 N–H and O–H groups in total. The molecule has 10 heteroatoms. The molecule has 7 nitrogen and oxygen atoms in total. The van der Waals surface area contributed by atoms with Gasteiger partial charge in [-0.25, -0.2) is 0 Å². The summed E-state index contributed by atoms with van der Waals surface area (Å²) in [7, 11) is 0. The summed E-state index contributed by atoms with van der Waals surface area (Å²) < 4.78 is 33.2. The number of nitrogens with one attached hydrogen (secondary N) is 3. The largest absolute Gasteiger partial charge is 0.429 e. The molecule has 0 fully saturated rings. The number of benzene rings is 3. The number of hydrogen-bond acceptors (Lipinski definition) is 4. The number of fused-ring (bicyclic) bond motifs is 1. The number of para-hydroxylation sites is 1. The highest BCUT2D eigenvalue weighted by Gasteiger charge is 2.30. The second-order valence-corrected chi connectivity index (χ2v) is 11.4. The van der Waals surface area contributed by atoms with Crippen LogP contribution in [0.5, 0.6) is 5.75 Å². The fourth-order valence-corrected chi connectivity index (χ4v) is 4.74. The zero-order valence-corrected chi connectivity index (χ0v) is 24.3. The van der Waals surface area contributed by atoms with E-state index in [1.165, 1.54) is 18.2 Å². The van der Waals surface area contributed by atoms with Crippen molar-refractivity contribution in [2.24, 2.45) is 5.73 Å². The maximum Gasteiger partial charge on any atom is 0.419 e. The third-order valence-corrected chi connectivity index (χ3v) is 6.82. The van der Waals surface area contributed by atoms with E-state index in [0.717, 1.165) is 16.5 Å². The number of amides is 2. The minimum absolute atomic E-state index is 0.109. The molecular formula is C32H33ClF2N4O3. The van der Waals surface area contributed by atoms with Crippen molar-refractivity contribution in [1.29, 1.82) is 0 Å². The van der Waals surface area contributed by atoms with Gasteiger partial charge in [0.15, 0.2) is 0 Å². The zero-order valence-electron chi connectivity index (χ0n) is 23.6. The van der Waals surface area contributed by atoms with Crippen LogP contribution < -0.4 is 21.1 Å². The maximum atomic E-state index is 14.2. The number of halogens is 3. The van der Waals surface area contributed by atoms with Crippen molar-refractivity contribution in [3.05, 3.63) is 101 Å². The Labute approximate surface area is 248 Å². The third kappa shape index (κ3) is 7.35. The van der Waals surface area contributed by atoms with Crippen LogP contribution in [0.4, 0.5) is 8.78 Å². The van der Waals surface area contributed by atoms with E-state index in [4.69, 9.17) is 22.1 Å². The fourth-order valence-electron chi connectivity index (χ4n) is 4.47. The summed E-state index contributed by atoms with van der Waals surface area (Å²) >= 11 is 6.45. The molecule has 220 valence electrons. The summed E-state index contributed by atoms with van der Waals surface area (Å²) in [4.78, 5) is 29.4. The number of aromatic nitrogens is 1. The molecule has 1 aromatic heterocycles. The van der Waals surface area contributed by atoms with Gasteiger partial charge in [0.25, 0.3) is 11.8 Å². The van der Waals surface area contributed by atoms with Gasteiger partial charge in [0.2, 0.25) is 0 Å². The van der Waals surface area contributed by atoms with Crippen molar-refractivity contribution < 1.29 is 23.1 Å². The zero-order chi connectivity index (χ0) is 30.7. The second kappa shape index (κ2) is 12.3. The van der Waals surface area contributed by atoms with E-state index in [2.05, 4.69) is 22.2 Å². The molecule has 42 heavy (non-hydrogen) atoms. The van der Waals surface area contributed by atoms with Crippen LogP contribution in [0.15, 0.2) is 79.5 Å². The monoisotopic (exact) mass is 594 g/mol. The van der Waals surface area contributed by atoms with Crippen LogP contribution in [0.1, 0.15) is 47.1 Å². The molecule has 0 aliphatic rings. The lowest BCUT2D eigenvalue weighted by molar-refractivity contribution is -0.131. The van der Waals surface area contributed by atoms with Crippen molar-refractivity contribution in [2.45, 2.75) is 44.9 Å². The van der Waals surface area contributed by atoms with Gasteiger partial charge >= 0.3 is 6.11 Å². The molecule has 1 unspecified atom stereocenters. The lowest BCUT2D eigenvalue weighted by atomic mass is 9.99. The van der Waals surface area contributed by atoms with Crippen LogP contribution >= 0.6 is 11.6 Å². The van der Waals surface area contributed by atoms with Gasteiger partial charge in [-0.3, -0.25) is 9.59 Å². The fraction of sp³-hybridized carbons (Fsp3) is 0.250. The van der Waals surface area contributed by atoms with Crippen LogP contribution in [0, 0.1) is 0 Å². The van der Waals surface area contributed by atoms with Gasteiger partial charge in [-0.2, -0.15) is 8.78 Å². The average Bonchev–Trinajstić information content (AvgIpc) is 3.34. The third-order valence-electron chi connectivity index (χ3n) is 6.50. The van der Waals surface area contributed by atoms with Gasteiger partial charge < -0.3 is 26.1 Å². The predicted octanol–water partition coefficient (Wildman–Crippen LogP) is 6.47. The number of alkyl halides is 2. The Bertz CT molecular complexity index is 1630. The first kappa shape index (κ1) is 30.7. The molecule has 0 aliphatic carbocycles. The molecule has 0 radical (unpaired) electrons. The molecular weight excluding hydrogens is 562 g/mol. The summed E-state index contributed by atoms with van der Waals surface area (Å²) in [6.07, 6.45) is -1.09. The normalized spacial score (nSPS) is 12.5. The van der Waals surface area contributed by atoms with Crippen LogP contribution in [-0.4, -0.2) is 41.0 Å². The summed E-state index contributed by atoms with van der Waals surface area (Å²) in [5.74, 6) is -1.32. The van der Waals surface area contributed by atoms with E-state index < -0.39 is 23.6 Å². The first-order valence-corrected chi connectivity index (χ1v) is 13.7. The summed E-state index contributed by atoms with van der Waals surface area (Å²) in [6, 6.07) is 16.3. The molecule has 0 bridgehead atoms. The number of ether oxygens (including phenoxy) is 1. The smallest absolute Gasteiger partial charge is 0.419 e. The summed E-state index contributed by atoms with van der Waals surface area (Å²) in [5, 5.41) is 6.91. The van der Waals surface area contributed by atoms with E-state index in [9.17, 15) is 18.4 Å². The Balaban J connectivity index is 1.65. The highest BCUT2D eigenvalue weighted by molar-refractivity contribution is 6.34. The quantitative estimate of drug-likeness (QED) is 0.158. The van der Waals surface area contributed by atoms with Gasteiger partial charge in [-0.1, -0.05) is 48.5 Å². The number of H-pyrrole nitrogens is 1.